The first-order chi connectivity index (χ1) is 16.0. The Morgan fingerprint density at radius 3 is 1.73 bits per heavy atom. The van der Waals surface area contributed by atoms with E-state index in [2.05, 4.69) is 55.5 Å². The van der Waals surface area contributed by atoms with Gasteiger partial charge in [0.1, 0.15) is 0 Å². The predicted molar refractivity (Wildman–Crippen MR) is 135 cm³/mol. The summed E-state index contributed by atoms with van der Waals surface area (Å²) in [6.45, 7) is 2.04. The Labute approximate surface area is 210 Å². The van der Waals surface area contributed by atoms with Gasteiger partial charge in [0.05, 0.1) is 23.3 Å². The molecule has 0 heterocycles. The zero-order valence-electron chi connectivity index (χ0n) is 18.1. The molecule has 3 rings (SSSR count). The van der Waals surface area contributed by atoms with Crippen LogP contribution in [0.5, 0.6) is 5.75 Å². The molecule has 0 aliphatic carbocycles. The quantitative estimate of drug-likeness (QED) is 0.210. The largest absolute Gasteiger partial charge is 0.465 e. The van der Waals surface area contributed by atoms with Gasteiger partial charge in [-0.15, -0.1) is 0 Å². The van der Waals surface area contributed by atoms with Crippen molar-refractivity contribution in [1.29, 1.82) is 0 Å². The fourth-order valence-electron chi connectivity index (χ4n) is 2.77. The van der Waals surface area contributed by atoms with Crippen LogP contribution in [0.15, 0.2) is 69.6 Å². The zero-order valence-corrected chi connectivity index (χ0v) is 21.2. The summed E-state index contributed by atoms with van der Waals surface area (Å²) in [4.78, 5) is 12.5. The van der Waals surface area contributed by atoms with Crippen LogP contribution in [-0.4, -0.2) is 26.5 Å². The molecule has 0 saturated heterocycles. The van der Waals surface area contributed by atoms with Crippen LogP contribution < -0.4 is 4.74 Å². The van der Waals surface area contributed by atoms with Crippen LogP contribution in [-0.2, 0) is 9.47 Å². The van der Waals surface area contributed by atoms with E-state index in [4.69, 9.17) is 14.2 Å². The highest BCUT2D eigenvalue weighted by Crippen LogP contribution is 2.26. The SMILES string of the molecule is CCOC(=O)c1cc(C#Cc2ccc(Br)cc2)c(OCOC)c(C#Cc2ccc(Br)cc2)c1. The maximum absolute atomic E-state index is 12.5. The molecule has 3 aromatic carbocycles. The third-order valence-corrected chi connectivity index (χ3v) is 5.35. The molecule has 0 saturated carbocycles. The van der Waals surface area contributed by atoms with Crippen molar-refractivity contribution in [3.63, 3.8) is 0 Å². The highest BCUT2D eigenvalue weighted by atomic mass is 79.9. The molecule has 3 aromatic rings. The van der Waals surface area contributed by atoms with Gasteiger partial charge in [-0.2, -0.15) is 0 Å². The minimum Gasteiger partial charge on any atom is -0.465 e. The van der Waals surface area contributed by atoms with Crippen LogP contribution >= 0.6 is 31.9 Å². The Morgan fingerprint density at radius 1 is 0.818 bits per heavy atom. The summed E-state index contributed by atoms with van der Waals surface area (Å²) in [5.74, 6) is 12.4. The maximum atomic E-state index is 12.5. The van der Waals surface area contributed by atoms with Crippen LogP contribution in [0.1, 0.15) is 39.5 Å². The summed E-state index contributed by atoms with van der Waals surface area (Å²) in [5.41, 5.74) is 3.02. The lowest BCUT2D eigenvalue weighted by atomic mass is 10.0. The van der Waals surface area contributed by atoms with Crippen LogP contribution in [0.3, 0.4) is 0 Å². The van der Waals surface area contributed by atoms with Gasteiger partial charge in [0, 0.05) is 27.2 Å². The van der Waals surface area contributed by atoms with Gasteiger partial charge in [-0.3, -0.25) is 0 Å². The van der Waals surface area contributed by atoms with Gasteiger partial charge in [-0.1, -0.05) is 55.5 Å². The van der Waals surface area contributed by atoms with Crippen LogP contribution in [0.25, 0.3) is 0 Å². The summed E-state index contributed by atoms with van der Waals surface area (Å²) >= 11 is 6.84. The number of hydrogen-bond acceptors (Lipinski definition) is 4. The van der Waals surface area contributed by atoms with E-state index in [9.17, 15) is 4.79 Å². The molecule has 0 spiro atoms. The van der Waals surface area contributed by atoms with Crippen LogP contribution in [0.2, 0.25) is 0 Å². The van der Waals surface area contributed by atoms with E-state index in [1.165, 1.54) is 7.11 Å². The lowest BCUT2D eigenvalue weighted by Crippen LogP contribution is -2.08. The summed E-state index contributed by atoms with van der Waals surface area (Å²) < 4.78 is 18.1. The molecule has 166 valence electrons. The summed E-state index contributed by atoms with van der Waals surface area (Å²) in [5, 5.41) is 0. The molecule has 33 heavy (non-hydrogen) atoms. The van der Waals surface area contributed by atoms with Gasteiger partial charge in [0.15, 0.2) is 12.5 Å². The molecule has 0 aromatic heterocycles. The second-order valence-corrected chi connectivity index (χ2v) is 8.52. The van der Waals surface area contributed by atoms with Crippen molar-refractivity contribution in [2.75, 3.05) is 20.5 Å². The first kappa shape index (κ1) is 24.6. The van der Waals surface area contributed by atoms with E-state index in [-0.39, 0.29) is 13.4 Å². The molecule has 0 fully saturated rings. The second kappa shape index (κ2) is 12.3. The topological polar surface area (TPSA) is 44.8 Å². The Hall–Kier alpha value is -3.03. The van der Waals surface area contributed by atoms with E-state index in [1.807, 2.05) is 48.5 Å². The van der Waals surface area contributed by atoms with E-state index in [0.717, 1.165) is 20.1 Å². The Balaban J connectivity index is 2.13. The fraction of sp³-hybridized carbons (Fsp3) is 0.148. The molecule has 0 aliphatic rings. The highest BCUT2D eigenvalue weighted by Gasteiger charge is 2.15. The van der Waals surface area contributed by atoms with Crippen molar-refractivity contribution >= 4 is 37.8 Å². The summed E-state index contributed by atoms with van der Waals surface area (Å²) in [6.07, 6.45) is 0. The number of ether oxygens (including phenoxy) is 3. The van der Waals surface area contributed by atoms with Crippen LogP contribution in [0, 0.1) is 23.7 Å². The van der Waals surface area contributed by atoms with Gasteiger partial charge in [-0.05, 0) is 67.6 Å². The van der Waals surface area contributed by atoms with E-state index >= 15 is 0 Å². The molecule has 0 amide bonds. The average molecular weight is 568 g/mol. The molecular formula is C27H20Br2O4. The highest BCUT2D eigenvalue weighted by molar-refractivity contribution is 9.10. The standard InChI is InChI=1S/C27H20Br2O4/c1-3-32-27(30)23-16-21(10-4-19-6-12-24(28)13-7-19)26(33-18-31-2)22(17-23)11-5-20-8-14-25(29)15-9-20/h6-9,12-17H,3,18H2,1-2H3. The van der Waals surface area contributed by atoms with Gasteiger partial charge >= 0.3 is 5.97 Å². The molecule has 0 atom stereocenters. The van der Waals surface area contributed by atoms with Gasteiger partial charge in [0.25, 0.3) is 0 Å². The van der Waals surface area contributed by atoms with Crippen molar-refractivity contribution in [1.82, 2.24) is 0 Å². The number of carbonyl (C=O) groups excluding carboxylic acids is 1. The maximum Gasteiger partial charge on any atom is 0.338 e. The van der Waals surface area contributed by atoms with Gasteiger partial charge in [0.2, 0.25) is 0 Å². The number of esters is 1. The Kier molecular flexibility index (Phi) is 9.15. The van der Waals surface area contributed by atoms with Crippen molar-refractivity contribution in [3.05, 3.63) is 97.4 Å². The van der Waals surface area contributed by atoms with Gasteiger partial charge < -0.3 is 14.2 Å². The van der Waals surface area contributed by atoms with Crippen molar-refractivity contribution in [3.8, 4) is 29.4 Å². The molecular weight excluding hydrogens is 548 g/mol. The number of benzene rings is 3. The molecule has 0 bridgehead atoms. The third-order valence-electron chi connectivity index (χ3n) is 4.29. The minimum atomic E-state index is -0.450. The molecule has 0 N–H and O–H groups in total. The molecule has 4 nitrogen and oxygen atoms in total. The summed E-state index contributed by atoms with van der Waals surface area (Å²) in [7, 11) is 1.54. The number of hydrogen-bond donors (Lipinski definition) is 0. The normalized spacial score (nSPS) is 9.82. The average Bonchev–Trinajstić information content (AvgIpc) is 2.82. The number of methoxy groups -OCH3 is 1. The van der Waals surface area contributed by atoms with Crippen molar-refractivity contribution in [2.24, 2.45) is 0 Å². The number of halogens is 2. The van der Waals surface area contributed by atoms with Crippen molar-refractivity contribution < 1.29 is 19.0 Å². The Bertz CT molecular complexity index is 1160. The van der Waals surface area contributed by atoms with E-state index < -0.39 is 5.97 Å². The zero-order chi connectivity index (χ0) is 23.6. The fourth-order valence-corrected chi connectivity index (χ4v) is 3.29. The number of carbonyl (C=O) groups is 1. The second-order valence-electron chi connectivity index (χ2n) is 6.69. The van der Waals surface area contributed by atoms with E-state index in [0.29, 0.717) is 22.4 Å². The molecule has 0 radical (unpaired) electrons. The minimum absolute atomic E-state index is 0.0126. The predicted octanol–water partition coefficient (Wildman–Crippen LogP) is 6.17. The van der Waals surface area contributed by atoms with Gasteiger partial charge in [-0.25, -0.2) is 4.79 Å². The Morgan fingerprint density at radius 2 is 1.30 bits per heavy atom. The van der Waals surface area contributed by atoms with Crippen molar-refractivity contribution in [2.45, 2.75) is 6.92 Å². The molecule has 6 heteroatoms. The van der Waals surface area contributed by atoms with E-state index in [1.54, 1.807) is 19.1 Å². The smallest absolute Gasteiger partial charge is 0.338 e. The molecule has 0 aliphatic heterocycles. The van der Waals surface area contributed by atoms with Crippen LogP contribution in [0.4, 0.5) is 0 Å². The first-order valence-electron chi connectivity index (χ1n) is 10.0. The first-order valence-corrected chi connectivity index (χ1v) is 11.6. The summed E-state index contributed by atoms with van der Waals surface area (Å²) in [6, 6.07) is 18.6. The number of rotatable bonds is 5. The third kappa shape index (κ3) is 7.23. The lowest BCUT2D eigenvalue weighted by molar-refractivity contribution is 0.0504. The monoisotopic (exact) mass is 566 g/mol. The molecule has 0 unspecified atom stereocenters. The lowest BCUT2D eigenvalue weighted by Gasteiger charge is -2.12.